The molecule has 1 heterocycles. The Labute approximate surface area is 161 Å². The van der Waals surface area contributed by atoms with E-state index in [0.717, 1.165) is 0 Å². The van der Waals surface area contributed by atoms with Gasteiger partial charge in [0.15, 0.2) is 0 Å². The summed E-state index contributed by atoms with van der Waals surface area (Å²) in [6.45, 7) is 3.97. The topological polar surface area (TPSA) is 59.2 Å². The number of carbonyl (C=O) groups is 1. The summed E-state index contributed by atoms with van der Waals surface area (Å²) in [6, 6.07) is 13.1. The van der Waals surface area contributed by atoms with Gasteiger partial charge < -0.3 is 9.32 Å². The average molecular weight is 388 g/mol. The summed E-state index contributed by atoms with van der Waals surface area (Å²) < 4.78 is 19.0. The summed E-state index contributed by atoms with van der Waals surface area (Å²) in [5.41, 5.74) is 1.26. The van der Waals surface area contributed by atoms with Gasteiger partial charge in [0.1, 0.15) is 5.82 Å². The van der Waals surface area contributed by atoms with Gasteiger partial charge >= 0.3 is 0 Å². The van der Waals surface area contributed by atoms with Crippen LogP contribution >= 0.6 is 11.6 Å². The maximum Gasteiger partial charge on any atom is 0.249 e. The number of benzene rings is 2. The molecule has 0 atom stereocenters. The smallest absolute Gasteiger partial charge is 0.249 e. The molecule has 0 aliphatic heterocycles. The minimum absolute atomic E-state index is 0.0817. The highest BCUT2D eigenvalue weighted by atomic mass is 35.5. The van der Waals surface area contributed by atoms with E-state index in [1.165, 1.54) is 12.1 Å². The van der Waals surface area contributed by atoms with Crippen molar-refractivity contribution in [2.45, 2.75) is 32.9 Å². The van der Waals surface area contributed by atoms with Crippen LogP contribution in [0.15, 0.2) is 52.9 Å². The molecule has 2 aromatic carbocycles. The zero-order chi connectivity index (χ0) is 19.4. The maximum absolute atomic E-state index is 13.4. The monoisotopic (exact) mass is 387 g/mol. The number of nitrogens with zero attached hydrogens (tertiary/aromatic N) is 3. The first-order valence-electron chi connectivity index (χ1n) is 8.55. The van der Waals surface area contributed by atoms with Crippen molar-refractivity contribution in [1.82, 2.24) is 15.1 Å². The third-order valence-corrected chi connectivity index (χ3v) is 4.39. The van der Waals surface area contributed by atoms with Crippen LogP contribution in [-0.4, -0.2) is 27.0 Å². The van der Waals surface area contributed by atoms with Gasteiger partial charge in [-0.25, -0.2) is 4.39 Å². The zero-order valence-corrected chi connectivity index (χ0v) is 15.8. The Morgan fingerprint density at radius 2 is 1.96 bits per heavy atom. The summed E-state index contributed by atoms with van der Waals surface area (Å²) in [7, 11) is 0. The average Bonchev–Trinajstić information content (AvgIpc) is 3.08. The summed E-state index contributed by atoms with van der Waals surface area (Å²) in [6.07, 6.45) is 0.0987. The predicted octanol–water partition coefficient (Wildman–Crippen LogP) is 4.51. The molecular weight excluding hydrogens is 369 g/mol. The van der Waals surface area contributed by atoms with Crippen molar-refractivity contribution >= 4 is 17.5 Å². The molecule has 3 rings (SSSR count). The van der Waals surface area contributed by atoms with Gasteiger partial charge in [-0.3, -0.25) is 4.79 Å². The van der Waals surface area contributed by atoms with E-state index in [1.54, 1.807) is 29.2 Å². The molecule has 0 unspecified atom stereocenters. The van der Waals surface area contributed by atoms with Gasteiger partial charge in [0.2, 0.25) is 17.7 Å². The quantitative estimate of drug-likeness (QED) is 0.624. The van der Waals surface area contributed by atoms with Crippen LogP contribution in [0.5, 0.6) is 0 Å². The van der Waals surface area contributed by atoms with E-state index >= 15 is 0 Å². The van der Waals surface area contributed by atoms with Crippen molar-refractivity contribution in [3.8, 4) is 11.5 Å². The Hall–Kier alpha value is -2.73. The molecule has 0 radical (unpaired) electrons. The second-order valence-electron chi connectivity index (χ2n) is 6.40. The molecule has 7 heteroatoms. The summed E-state index contributed by atoms with van der Waals surface area (Å²) in [4.78, 5) is 14.3. The first-order chi connectivity index (χ1) is 12.9. The van der Waals surface area contributed by atoms with Gasteiger partial charge in [-0.15, -0.1) is 10.2 Å². The maximum atomic E-state index is 13.4. The van der Waals surface area contributed by atoms with E-state index in [2.05, 4.69) is 10.2 Å². The second-order valence-corrected chi connectivity index (χ2v) is 6.81. The number of halogens is 2. The van der Waals surface area contributed by atoms with Gasteiger partial charge in [0, 0.05) is 6.04 Å². The molecule has 3 aromatic rings. The van der Waals surface area contributed by atoms with Gasteiger partial charge in [0.05, 0.1) is 23.6 Å². The number of rotatable bonds is 6. The Kier molecular flexibility index (Phi) is 5.86. The molecule has 0 saturated carbocycles. The van der Waals surface area contributed by atoms with Crippen LogP contribution in [0.25, 0.3) is 11.5 Å². The molecule has 0 N–H and O–H groups in total. The Balaban J connectivity index is 1.75. The lowest BCUT2D eigenvalue weighted by Gasteiger charge is -2.25. The summed E-state index contributed by atoms with van der Waals surface area (Å²) in [5.74, 6) is 0.105. The standard InChI is InChI=1S/C20H19ClFN3O2/c1-13(2)25(19(26)11-14-6-5-7-15(22)10-14)12-18-23-24-20(27-18)16-8-3-4-9-17(16)21/h3-10,13H,11-12H2,1-2H3. The second kappa shape index (κ2) is 8.31. The Morgan fingerprint density at radius 1 is 1.19 bits per heavy atom. The lowest BCUT2D eigenvalue weighted by Crippen LogP contribution is -2.37. The third kappa shape index (κ3) is 4.71. The van der Waals surface area contributed by atoms with Crippen LogP contribution in [0.3, 0.4) is 0 Å². The summed E-state index contributed by atoms with van der Waals surface area (Å²) >= 11 is 6.15. The van der Waals surface area contributed by atoms with E-state index in [-0.39, 0.29) is 30.7 Å². The number of aromatic nitrogens is 2. The van der Waals surface area contributed by atoms with Crippen molar-refractivity contribution in [3.63, 3.8) is 0 Å². The Bertz CT molecular complexity index is 942. The van der Waals surface area contributed by atoms with Crippen molar-refractivity contribution in [2.75, 3.05) is 0 Å². The lowest BCUT2D eigenvalue weighted by molar-refractivity contribution is -0.133. The predicted molar refractivity (Wildman–Crippen MR) is 101 cm³/mol. The van der Waals surface area contributed by atoms with Gasteiger partial charge in [-0.05, 0) is 43.7 Å². The first-order valence-corrected chi connectivity index (χ1v) is 8.93. The molecule has 0 spiro atoms. The van der Waals surface area contributed by atoms with Crippen molar-refractivity contribution in [2.24, 2.45) is 0 Å². The normalized spacial score (nSPS) is 11.0. The molecule has 27 heavy (non-hydrogen) atoms. The first kappa shape index (κ1) is 19.0. The highest BCUT2D eigenvalue weighted by Crippen LogP contribution is 2.26. The van der Waals surface area contributed by atoms with E-state index in [4.69, 9.17) is 16.0 Å². The van der Waals surface area contributed by atoms with E-state index in [9.17, 15) is 9.18 Å². The third-order valence-electron chi connectivity index (χ3n) is 4.06. The number of amides is 1. The highest BCUT2D eigenvalue weighted by Gasteiger charge is 2.21. The van der Waals surface area contributed by atoms with Crippen LogP contribution < -0.4 is 0 Å². The molecule has 0 aliphatic carbocycles. The van der Waals surface area contributed by atoms with Crippen LogP contribution in [0, 0.1) is 5.82 Å². The SMILES string of the molecule is CC(C)N(Cc1nnc(-c2ccccc2Cl)o1)C(=O)Cc1cccc(F)c1. The number of hydrogen-bond donors (Lipinski definition) is 0. The number of carbonyl (C=O) groups excluding carboxylic acids is 1. The lowest BCUT2D eigenvalue weighted by atomic mass is 10.1. The molecule has 140 valence electrons. The molecule has 0 saturated heterocycles. The van der Waals surface area contributed by atoms with E-state index < -0.39 is 0 Å². The van der Waals surface area contributed by atoms with Crippen LogP contribution in [0.1, 0.15) is 25.3 Å². The molecule has 0 aliphatic rings. The molecular formula is C20H19ClFN3O2. The zero-order valence-electron chi connectivity index (χ0n) is 15.0. The van der Waals surface area contributed by atoms with Crippen LogP contribution in [0.2, 0.25) is 5.02 Å². The summed E-state index contributed by atoms with van der Waals surface area (Å²) in [5, 5.41) is 8.57. The van der Waals surface area contributed by atoms with Crippen LogP contribution in [0.4, 0.5) is 4.39 Å². The van der Waals surface area contributed by atoms with Crippen LogP contribution in [-0.2, 0) is 17.8 Å². The van der Waals surface area contributed by atoms with E-state index in [1.807, 2.05) is 26.0 Å². The minimum atomic E-state index is -0.363. The van der Waals surface area contributed by atoms with Gasteiger partial charge in [0.25, 0.3) is 0 Å². The molecule has 1 aromatic heterocycles. The largest absolute Gasteiger partial charge is 0.419 e. The Morgan fingerprint density at radius 3 is 2.67 bits per heavy atom. The fourth-order valence-electron chi connectivity index (χ4n) is 2.69. The molecule has 5 nitrogen and oxygen atoms in total. The number of hydrogen-bond acceptors (Lipinski definition) is 4. The van der Waals surface area contributed by atoms with Gasteiger partial charge in [-0.1, -0.05) is 35.9 Å². The van der Waals surface area contributed by atoms with E-state index in [0.29, 0.717) is 27.9 Å². The fraction of sp³-hybridized carbons (Fsp3) is 0.250. The van der Waals surface area contributed by atoms with Crippen molar-refractivity contribution in [3.05, 3.63) is 70.8 Å². The molecule has 1 amide bonds. The van der Waals surface area contributed by atoms with Crippen molar-refractivity contribution < 1.29 is 13.6 Å². The fourth-order valence-corrected chi connectivity index (χ4v) is 2.91. The molecule has 0 fully saturated rings. The van der Waals surface area contributed by atoms with Crippen molar-refractivity contribution in [1.29, 1.82) is 0 Å². The molecule has 0 bridgehead atoms. The highest BCUT2D eigenvalue weighted by molar-refractivity contribution is 6.33. The minimum Gasteiger partial charge on any atom is -0.419 e. The van der Waals surface area contributed by atoms with Gasteiger partial charge in [-0.2, -0.15) is 0 Å².